The van der Waals surface area contributed by atoms with Gasteiger partial charge in [0.15, 0.2) is 15.6 Å². The molecule has 0 amide bonds. The highest BCUT2D eigenvalue weighted by Crippen LogP contribution is 2.21. The van der Waals surface area contributed by atoms with Gasteiger partial charge in [-0.3, -0.25) is 19.8 Å². The molecule has 1 aliphatic heterocycles. The molecule has 9 heteroatoms. The number of ketones is 1. The number of hydrogen-bond donors (Lipinski definition) is 1. The first-order chi connectivity index (χ1) is 13.4. The minimum Gasteiger partial charge on any atom is -0.313 e. The average Bonchev–Trinajstić information content (AvgIpc) is 2.73. The topological polar surface area (TPSA) is 110 Å². The van der Waals surface area contributed by atoms with Gasteiger partial charge >= 0.3 is 0 Å². The number of nitro groups is 1. The predicted octanol–water partition coefficient (Wildman–Crippen LogP) is 1.87. The van der Waals surface area contributed by atoms with Crippen LogP contribution in [0.25, 0.3) is 0 Å². The van der Waals surface area contributed by atoms with Crippen LogP contribution in [0.3, 0.4) is 0 Å². The lowest BCUT2D eigenvalue weighted by molar-refractivity contribution is -0.384. The van der Waals surface area contributed by atoms with Gasteiger partial charge in [-0.1, -0.05) is 18.2 Å². The summed E-state index contributed by atoms with van der Waals surface area (Å²) in [6.45, 7) is 1.76. The van der Waals surface area contributed by atoms with E-state index in [9.17, 15) is 23.3 Å². The van der Waals surface area contributed by atoms with Gasteiger partial charge in [-0.05, 0) is 24.3 Å². The second kappa shape index (κ2) is 8.59. The summed E-state index contributed by atoms with van der Waals surface area (Å²) in [6, 6.07) is 13.7. The van der Waals surface area contributed by atoms with Crippen LogP contribution in [0.1, 0.15) is 16.8 Å². The number of nitro benzene ring substituents is 1. The van der Waals surface area contributed by atoms with E-state index < -0.39 is 20.1 Å². The van der Waals surface area contributed by atoms with Crippen molar-refractivity contribution in [2.24, 2.45) is 0 Å². The Morgan fingerprint density at radius 1 is 1.14 bits per heavy atom. The molecule has 148 valence electrons. The van der Waals surface area contributed by atoms with Gasteiger partial charge in [0, 0.05) is 50.3 Å². The highest BCUT2D eigenvalue weighted by atomic mass is 32.2. The number of sulfone groups is 1. The van der Waals surface area contributed by atoms with Crippen LogP contribution in [0.5, 0.6) is 0 Å². The van der Waals surface area contributed by atoms with Crippen LogP contribution >= 0.6 is 0 Å². The Kier molecular flexibility index (Phi) is 6.18. The van der Waals surface area contributed by atoms with Gasteiger partial charge in [-0.2, -0.15) is 0 Å². The molecule has 1 saturated heterocycles. The molecule has 1 N–H and O–H groups in total. The Morgan fingerprint density at radius 3 is 2.46 bits per heavy atom. The third kappa shape index (κ3) is 4.44. The Morgan fingerprint density at radius 2 is 1.82 bits per heavy atom. The van der Waals surface area contributed by atoms with Crippen molar-refractivity contribution in [2.45, 2.75) is 16.7 Å². The number of rotatable bonds is 7. The number of Topliss-reactive ketones (excluding diaryl/α,β-unsaturated/α-hetero) is 1. The summed E-state index contributed by atoms with van der Waals surface area (Å²) in [7, 11) is -3.56. The largest absolute Gasteiger partial charge is 0.313 e. The van der Waals surface area contributed by atoms with Crippen LogP contribution in [0, 0.1) is 10.1 Å². The van der Waals surface area contributed by atoms with E-state index in [0.717, 1.165) is 0 Å². The third-order valence-corrected chi connectivity index (χ3v) is 6.87. The molecule has 28 heavy (non-hydrogen) atoms. The molecule has 8 nitrogen and oxygen atoms in total. The van der Waals surface area contributed by atoms with Crippen molar-refractivity contribution in [1.82, 2.24) is 10.2 Å². The zero-order valence-corrected chi connectivity index (χ0v) is 16.0. The molecular weight excluding hydrogens is 382 g/mol. The van der Waals surface area contributed by atoms with Gasteiger partial charge in [-0.15, -0.1) is 0 Å². The highest BCUT2D eigenvalue weighted by molar-refractivity contribution is 7.92. The van der Waals surface area contributed by atoms with E-state index in [-0.39, 0.29) is 22.8 Å². The minimum absolute atomic E-state index is 0.0762. The zero-order chi connectivity index (χ0) is 20.1. The number of carbonyl (C=O) groups excluding carboxylic acids is 1. The molecule has 0 bridgehead atoms. The maximum Gasteiger partial charge on any atom is 0.269 e. The Hall–Kier alpha value is -2.62. The molecule has 1 heterocycles. The Bertz CT molecular complexity index is 945. The van der Waals surface area contributed by atoms with Gasteiger partial charge in [0.2, 0.25) is 0 Å². The van der Waals surface area contributed by atoms with E-state index in [1.807, 2.05) is 4.90 Å². The minimum atomic E-state index is -3.56. The van der Waals surface area contributed by atoms with E-state index in [1.165, 1.54) is 24.3 Å². The monoisotopic (exact) mass is 403 g/mol. The van der Waals surface area contributed by atoms with Crippen molar-refractivity contribution in [3.05, 3.63) is 70.3 Å². The molecule has 0 aromatic heterocycles. The number of hydrogen-bond acceptors (Lipinski definition) is 7. The van der Waals surface area contributed by atoms with Crippen LogP contribution in [-0.2, 0) is 9.84 Å². The third-order valence-electron chi connectivity index (χ3n) is 4.76. The SMILES string of the molecule is O=C(CCN1CCNCC1S(=O)(=O)c1ccccc1)c1ccc([N+](=O)[O-])cc1. The first kappa shape index (κ1) is 20.1. The molecule has 0 saturated carbocycles. The lowest BCUT2D eigenvalue weighted by atomic mass is 10.1. The molecule has 2 aromatic carbocycles. The number of nitrogens with one attached hydrogen (secondary N) is 1. The van der Waals surface area contributed by atoms with Crippen LogP contribution < -0.4 is 5.32 Å². The summed E-state index contributed by atoms with van der Waals surface area (Å²) in [5, 5.41) is 13.1. The highest BCUT2D eigenvalue weighted by Gasteiger charge is 2.34. The van der Waals surface area contributed by atoms with Crippen LogP contribution in [0.15, 0.2) is 59.5 Å². The average molecular weight is 403 g/mol. The van der Waals surface area contributed by atoms with Crippen LogP contribution in [0.4, 0.5) is 5.69 Å². The van der Waals surface area contributed by atoms with E-state index >= 15 is 0 Å². The summed E-state index contributed by atoms with van der Waals surface area (Å²) >= 11 is 0. The van der Waals surface area contributed by atoms with Crippen molar-refractivity contribution in [1.29, 1.82) is 0 Å². The van der Waals surface area contributed by atoms with Crippen LogP contribution in [0.2, 0.25) is 0 Å². The van der Waals surface area contributed by atoms with Crippen LogP contribution in [-0.4, -0.2) is 55.6 Å². The molecular formula is C19H21N3O5S. The molecule has 1 unspecified atom stereocenters. The first-order valence-corrected chi connectivity index (χ1v) is 10.5. The zero-order valence-electron chi connectivity index (χ0n) is 15.2. The smallest absolute Gasteiger partial charge is 0.269 e. The van der Waals surface area contributed by atoms with Gasteiger partial charge < -0.3 is 5.32 Å². The molecule has 0 spiro atoms. The normalized spacial score (nSPS) is 17.9. The molecule has 0 aliphatic carbocycles. The van der Waals surface area contributed by atoms with E-state index in [1.54, 1.807) is 30.3 Å². The first-order valence-electron chi connectivity index (χ1n) is 8.91. The van der Waals surface area contributed by atoms with Gasteiger partial charge in [0.1, 0.15) is 5.37 Å². The fraction of sp³-hybridized carbons (Fsp3) is 0.316. The Balaban J connectivity index is 1.69. The van der Waals surface area contributed by atoms with E-state index in [4.69, 9.17) is 0 Å². The molecule has 1 fully saturated rings. The number of piperazine rings is 1. The summed E-state index contributed by atoms with van der Waals surface area (Å²) in [5.41, 5.74) is 0.302. The molecule has 2 aromatic rings. The number of non-ortho nitro benzene ring substituents is 1. The lowest BCUT2D eigenvalue weighted by Gasteiger charge is -2.35. The number of carbonyl (C=O) groups is 1. The quantitative estimate of drug-likeness (QED) is 0.427. The molecule has 0 radical (unpaired) electrons. The second-order valence-electron chi connectivity index (χ2n) is 6.53. The number of nitrogens with zero attached hydrogens (tertiary/aromatic N) is 2. The van der Waals surface area contributed by atoms with Crippen molar-refractivity contribution in [3.63, 3.8) is 0 Å². The summed E-state index contributed by atoms with van der Waals surface area (Å²) in [6.07, 6.45) is 0.138. The maximum absolute atomic E-state index is 13.0. The number of benzene rings is 2. The summed E-state index contributed by atoms with van der Waals surface area (Å²) in [4.78, 5) is 24.7. The lowest BCUT2D eigenvalue weighted by Crippen LogP contribution is -2.55. The van der Waals surface area contributed by atoms with Gasteiger partial charge in [-0.25, -0.2) is 8.42 Å². The van der Waals surface area contributed by atoms with Crippen molar-refractivity contribution in [3.8, 4) is 0 Å². The van der Waals surface area contributed by atoms with E-state index in [0.29, 0.717) is 31.7 Å². The fourth-order valence-electron chi connectivity index (χ4n) is 3.21. The summed E-state index contributed by atoms with van der Waals surface area (Å²) in [5.74, 6) is -0.177. The van der Waals surface area contributed by atoms with Crippen molar-refractivity contribution < 1.29 is 18.1 Å². The molecule has 3 rings (SSSR count). The fourth-order valence-corrected chi connectivity index (χ4v) is 5.00. The van der Waals surface area contributed by atoms with Gasteiger partial charge in [0.25, 0.3) is 5.69 Å². The maximum atomic E-state index is 13.0. The predicted molar refractivity (Wildman–Crippen MR) is 104 cm³/mol. The second-order valence-corrected chi connectivity index (χ2v) is 8.64. The van der Waals surface area contributed by atoms with E-state index in [2.05, 4.69) is 5.32 Å². The van der Waals surface area contributed by atoms with Gasteiger partial charge in [0.05, 0.1) is 9.82 Å². The Labute approximate surface area is 163 Å². The van der Waals surface area contributed by atoms with Crippen molar-refractivity contribution in [2.75, 3.05) is 26.2 Å². The van der Waals surface area contributed by atoms with Crippen molar-refractivity contribution >= 4 is 21.3 Å². The molecule has 1 atom stereocenters. The molecule has 1 aliphatic rings. The summed E-state index contributed by atoms with van der Waals surface area (Å²) < 4.78 is 26.0. The standard InChI is InChI=1S/C19H21N3O5S/c23-18(15-6-8-16(9-7-15)22(24)25)10-12-21-13-11-20-14-19(21)28(26,27)17-4-2-1-3-5-17/h1-9,19-20H,10-14H2.